The van der Waals surface area contributed by atoms with Crippen molar-refractivity contribution in [1.29, 1.82) is 0 Å². The molecule has 0 unspecified atom stereocenters. The summed E-state index contributed by atoms with van der Waals surface area (Å²) in [4.78, 5) is 8.03. The average molecular weight is 228 g/mol. The third kappa shape index (κ3) is 1.58. The molecule has 0 aliphatic heterocycles. The Balaban J connectivity index is 2.17. The zero-order chi connectivity index (χ0) is 8.60. The lowest BCUT2D eigenvalue weighted by molar-refractivity contribution is 0.817. The van der Waals surface area contributed by atoms with E-state index in [-0.39, 0.29) is 5.54 Å². The number of nitrogens with one attached hydrogen (secondary N) is 1. The van der Waals surface area contributed by atoms with Crippen molar-refractivity contribution in [1.82, 2.24) is 9.97 Å². The molecular weight excluding hydrogens is 218 g/mol. The molecule has 12 heavy (non-hydrogen) atoms. The Labute approximate surface area is 79.7 Å². The van der Waals surface area contributed by atoms with E-state index in [9.17, 15) is 0 Å². The van der Waals surface area contributed by atoms with Crippen LogP contribution in [0.2, 0.25) is 0 Å². The highest BCUT2D eigenvalue weighted by Crippen LogP contribution is 2.38. The Hall–Kier alpha value is -0.640. The fourth-order valence-electron chi connectivity index (χ4n) is 1.00. The molecule has 4 heteroatoms. The summed E-state index contributed by atoms with van der Waals surface area (Å²) < 4.78 is 0.929. The molecule has 0 bridgehead atoms. The molecular formula is C8H10BrN3. The lowest BCUT2D eigenvalue weighted by Crippen LogP contribution is -2.17. The van der Waals surface area contributed by atoms with Crippen molar-refractivity contribution in [2.75, 3.05) is 5.32 Å². The second kappa shape index (κ2) is 2.69. The van der Waals surface area contributed by atoms with Gasteiger partial charge in [0.15, 0.2) is 0 Å². The Kier molecular flexibility index (Phi) is 1.79. The van der Waals surface area contributed by atoms with Crippen molar-refractivity contribution in [3.8, 4) is 0 Å². The Bertz CT molecular complexity index is 296. The molecule has 1 aromatic heterocycles. The van der Waals surface area contributed by atoms with Gasteiger partial charge in [0.05, 0.1) is 4.47 Å². The first-order valence-electron chi connectivity index (χ1n) is 3.93. The molecule has 1 aliphatic rings. The maximum atomic E-state index is 4.13. The fraction of sp³-hybridized carbons (Fsp3) is 0.500. The van der Waals surface area contributed by atoms with Gasteiger partial charge in [-0.3, -0.25) is 0 Å². The smallest absolute Gasteiger partial charge is 0.144 e. The first kappa shape index (κ1) is 7.98. The molecule has 0 amide bonds. The molecule has 1 aromatic rings. The third-order valence-corrected chi connectivity index (χ3v) is 2.67. The van der Waals surface area contributed by atoms with Crippen LogP contribution >= 0.6 is 15.9 Å². The van der Waals surface area contributed by atoms with E-state index in [1.54, 1.807) is 12.5 Å². The lowest BCUT2D eigenvalue weighted by Gasteiger charge is -2.12. The summed E-state index contributed by atoms with van der Waals surface area (Å²) >= 11 is 3.39. The van der Waals surface area contributed by atoms with Crippen molar-refractivity contribution in [3.05, 3.63) is 17.0 Å². The van der Waals surface area contributed by atoms with E-state index in [4.69, 9.17) is 0 Å². The van der Waals surface area contributed by atoms with E-state index in [1.165, 1.54) is 12.8 Å². The predicted molar refractivity (Wildman–Crippen MR) is 51.0 cm³/mol. The van der Waals surface area contributed by atoms with Crippen LogP contribution in [0.4, 0.5) is 5.82 Å². The number of halogens is 1. The van der Waals surface area contributed by atoms with Gasteiger partial charge in [0.1, 0.15) is 12.1 Å². The highest BCUT2D eigenvalue weighted by Gasteiger charge is 2.37. The molecule has 1 saturated carbocycles. The van der Waals surface area contributed by atoms with Crippen LogP contribution in [0, 0.1) is 0 Å². The minimum absolute atomic E-state index is 0.275. The monoisotopic (exact) mass is 227 g/mol. The van der Waals surface area contributed by atoms with Gasteiger partial charge in [0.25, 0.3) is 0 Å². The molecule has 2 rings (SSSR count). The summed E-state index contributed by atoms with van der Waals surface area (Å²) in [5.41, 5.74) is 0.275. The Morgan fingerprint density at radius 1 is 1.58 bits per heavy atom. The summed E-state index contributed by atoms with van der Waals surface area (Å²) in [6.07, 6.45) is 5.76. The van der Waals surface area contributed by atoms with Gasteiger partial charge >= 0.3 is 0 Å². The van der Waals surface area contributed by atoms with Crippen molar-refractivity contribution in [2.24, 2.45) is 0 Å². The Morgan fingerprint density at radius 2 is 2.33 bits per heavy atom. The number of anilines is 1. The molecule has 0 radical (unpaired) electrons. The highest BCUT2D eigenvalue weighted by atomic mass is 79.9. The summed E-state index contributed by atoms with van der Waals surface area (Å²) in [5.74, 6) is 0.894. The average Bonchev–Trinajstić information content (AvgIpc) is 2.74. The molecule has 0 spiro atoms. The van der Waals surface area contributed by atoms with Crippen LogP contribution in [-0.4, -0.2) is 15.5 Å². The van der Waals surface area contributed by atoms with Crippen molar-refractivity contribution in [3.63, 3.8) is 0 Å². The first-order chi connectivity index (χ1) is 5.70. The number of nitrogens with zero attached hydrogens (tertiary/aromatic N) is 2. The molecule has 0 aromatic carbocycles. The standard InChI is InChI=1S/C8H10BrN3/c1-8(2-3-8)12-7-6(9)4-10-5-11-7/h4-5H,2-3H2,1H3,(H,10,11,12). The van der Waals surface area contributed by atoms with E-state index in [0.29, 0.717) is 0 Å². The van der Waals surface area contributed by atoms with E-state index in [0.717, 1.165) is 10.3 Å². The predicted octanol–water partition coefficient (Wildman–Crippen LogP) is 2.20. The molecule has 1 heterocycles. The summed E-state index contributed by atoms with van der Waals surface area (Å²) in [7, 11) is 0. The maximum absolute atomic E-state index is 4.13. The van der Waals surface area contributed by atoms with E-state index in [2.05, 4.69) is 38.1 Å². The minimum Gasteiger partial charge on any atom is -0.364 e. The van der Waals surface area contributed by atoms with Crippen LogP contribution in [0.15, 0.2) is 17.0 Å². The van der Waals surface area contributed by atoms with Crippen molar-refractivity contribution >= 4 is 21.7 Å². The first-order valence-corrected chi connectivity index (χ1v) is 4.73. The number of aromatic nitrogens is 2. The maximum Gasteiger partial charge on any atom is 0.144 e. The van der Waals surface area contributed by atoms with Gasteiger partial charge in [0.2, 0.25) is 0 Å². The van der Waals surface area contributed by atoms with Crippen LogP contribution in [0.1, 0.15) is 19.8 Å². The largest absolute Gasteiger partial charge is 0.364 e. The highest BCUT2D eigenvalue weighted by molar-refractivity contribution is 9.10. The van der Waals surface area contributed by atoms with Gasteiger partial charge in [-0.1, -0.05) is 0 Å². The molecule has 1 N–H and O–H groups in total. The fourth-order valence-corrected chi connectivity index (χ4v) is 1.32. The van der Waals surface area contributed by atoms with Crippen molar-refractivity contribution in [2.45, 2.75) is 25.3 Å². The van der Waals surface area contributed by atoms with Crippen LogP contribution in [0.5, 0.6) is 0 Å². The molecule has 64 valence electrons. The lowest BCUT2D eigenvalue weighted by atomic mass is 10.3. The quantitative estimate of drug-likeness (QED) is 0.843. The number of hydrogen-bond donors (Lipinski definition) is 1. The van der Waals surface area contributed by atoms with Crippen molar-refractivity contribution < 1.29 is 0 Å². The normalized spacial score (nSPS) is 18.8. The molecule has 3 nitrogen and oxygen atoms in total. The van der Waals surface area contributed by atoms with E-state index < -0.39 is 0 Å². The third-order valence-electron chi connectivity index (χ3n) is 2.09. The SMILES string of the molecule is CC1(Nc2ncncc2Br)CC1. The number of hydrogen-bond acceptors (Lipinski definition) is 3. The summed E-state index contributed by atoms with van der Waals surface area (Å²) in [6.45, 7) is 2.20. The van der Waals surface area contributed by atoms with E-state index in [1.807, 2.05) is 0 Å². The van der Waals surface area contributed by atoms with Crippen LogP contribution in [0.25, 0.3) is 0 Å². The minimum atomic E-state index is 0.275. The molecule has 1 aliphatic carbocycles. The van der Waals surface area contributed by atoms with Gasteiger partial charge in [0, 0.05) is 11.7 Å². The number of rotatable bonds is 2. The van der Waals surface area contributed by atoms with Crippen LogP contribution in [-0.2, 0) is 0 Å². The van der Waals surface area contributed by atoms with Gasteiger partial charge in [-0.05, 0) is 35.7 Å². The topological polar surface area (TPSA) is 37.8 Å². The van der Waals surface area contributed by atoms with Crippen LogP contribution < -0.4 is 5.32 Å². The molecule has 0 saturated heterocycles. The van der Waals surface area contributed by atoms with E-state index >= 15 is 0 Å². The second-order valence-electron chi connectivity index (χ2n) is 3.40. The van der Waals surface area contributed by atoms with Gasteiger partial charge < -0.3 is 5.32 Å². The Morgan fingerprint density at radius 3 is 2.92 bits per heavy atom. The second-order valence-corrected chi connectivity index (χ2v) is 4.26. The zero-order valence-electron chi connectivity index (χ0n) is 6.84. The van der Waals surface area contributed by atoms with Crippen LogP contribution in [0.3, 0.4) is 0 Å². The van der Waals surface area contributed by atoms with Gasteiger partial charge in [-0.25, -0.2) is 9.97 Å². The summed E-state index contributed by atoms with van der Waals surface area (Å²) in [6, 6.07) is 0. The zero-order valence-corrected chi connectivity index (χ0v) is 8.43. The summed E-state index contributed by atoms with van der Waals surface area (Å²) in [5, 5.41) is 3.36. The molecule has 0 atom stereocenters. The molecule has 1 fully saturated rings. The van der Waals surface area contributed by atoms with Gasteiger partial charge in [-0.15, -0.1) is 0 Å². The van der Waals surface area contributed by atoms with Gasteiger partial charge in [-0.2, -0.15) is 0 Å².